The van der Waals surface area contributed by atoms with Crippen molar-refractivity contribution in [2.24, 2.45) is 11.7 Å². The van der Waals surface area contributed by atoms with Gasteiger partial charge >= 0.3 is 0 Å². The van der Waals surface area contributed by atoms with Crippen molar-refractivity contribution in [3.8, 4) is 0 Å². The molecule has 2 atom stereocenters. The highest BCUT2D eigenvalue weighted by atomic mass is 35.5. The monoisotopic (exact) mass is 355 g/mol. The smallest absolute Gasteiger partial charge is 0.251 e. The third-order valence-electron chi connectivity index (χ3n) is 4.31. The lowest BCUT2D eigenvalue weighted by Crippen LogP contribution is -2.42. The van der Waals surface area contributed by atoms with Crippen molar-refractivity contribution in [2.75, 3.05) is 5.32 Å². The summed E-state index contributed by atoms with van der Waals surface area (Å²) in [7, 11) is 0. The second-order valence-electron chi connectivity index (χ2n) is 6.67. The fourth-order valence-corrected chi connectivity index (χ4v) is 1.91. The molecule has 0 fully saturated rings. The van der Waals surface area contributed by atoms with Crippen LogP contribution in [0.5, 0.6) is 0 Å². The van der Waals surface area contributed by atoms with Gasteiger partial charge in [0, 0.05) is 16.8 Å². The van der Waals surface area contributed by atoms with Crippen molar-refractivity contribution in [1.82, 2.24) is 5.32 Å². The Bertz CT molecular complexity index is 544. The molecule has 0 saturated carbocycles. The van der Waals surface area contributed by atoms with Gasteiger partial charge in [-0.1, -0.05) is 27.2 Å². The molecule has 2 unspecified atom stereocenters. The molecule has 1 rings (SSSR count). The van der Waals surface area contributed by atoms with Gasteiger partial charge in [-0.05, 0) is 50.5 Å². The van der Waals surface area contributed by atoms with Gasteiger partial charge in [-0.15, -0.1) is 12.4 Å². The van der Waals surface area contributed by atoms with Crippen molar-refractivity contribution in [3.63, 3.8) is 0 Å². The van der Waals surface area contributed by atoms with Gasteiger partial charge in [-0.25, -0.2) is 0 Å². The van der Waals surface area contributed by atoms with Crippen molar-refractivity contribution in [3.05, 3.63) is 29.8 Å². The maximum Gasteiger partial charge on any atom is 0.251 e. The number of anilines is 1. The molecule has 2 amide bonds. The molecule has 136 valence electrons. The Balaban J connectivity index is 0.00000529. The minimum atomic E-state index is -0.534. The molecular formula is C18H30ClN3O2. The number of hydrogen-bond donors (Lipinski definition) is 3. The number of rotatable bonds is 7. The van der Waals surface area contributed by atoms with Gasteiger partial charge in [0.05, 0.1) is 6.04 Å². The van der Waals surface area contributed by atoms with Crippen molar-refractivity contribution < 1.29 is 9.59 Å². The molecule has 24 heavy (non-hydrogen) atoms. The fourth-order valence-electron chi connectivity index (χ4n) is 1.91. The zero-order valence-corrected chi connectivity index (χ0v) is 16.0. The predicted molar refractivity (Wildman–Crippen MR) is 102 cm³/mol. The maximum absolute atomic E-state index is 12.2. The first kappa shape index (κ1) is 22.4. The van der Waals surface area contributed by atoms with Gasteiger partial charge in [-0.3, -0.25) is 9.59 Å². The molecule has 0 bridgehead atoms. The van der Waals surface area contributed by atoms with Crippen molar-refractivity contribution >= 4 is 29.9 Å². The van der Waals surface area contributed by atoms with Crippen LogP contribution in [0.15, 0.2) is 24.3 Å². The van der Waals surface area contributed by atoms with Crippen LogP contribution < -0.4 is 16.4 Å². The van der Waals surface area contributed by atoms with E-state index in [0.717, 1.165) is 12.8 Å². The minimum absolute atomic E-state index is 0. The molecule has 6 heteroatoms. The Morgan fingerprint density at radius 3 is 2.17 bits per heavy atom. The summed E-state index contributed by atoms with van der Waals surface area (Å²) in [5.41, 5.74) is 6.87. The van der Waals surface area contributed by atoms with E-state index < -0.39 is 6.04 Å². The third-order valence-corrected chi connectivity index (χ3v) is 4.31. The average Bonchev–Trinajstić information content (AvgIpc) is 2.53. The topological polar surface area (TPSA) is 84.2 Å². The highest BCUT2D eigenvalue weighted by Gasteiger charge is 2.20. The fraction of sp³-hybridized carbons (Fsp3) is 0.556. The number of hydrogen-bond acceptors (Lipinski definition) is 3. The van der Waals surface area contributed by atoms with E-state index >= 15 is 0 Å². The summed E-state index contributed by atoms with van der Waals surface area (Å²) in [6.07, 6.45) is 1.70. The predicted octanol–water partition coefficient (Wildman–Crippen LogP) is 3.34. The largest absolute Gasteiger partial charge is 0.347 e. The van der Waals surface area contributed by atoms with Crippen LogP contribution in [0.2, 0.25) is 0 Å². The highest BCUT2D eigenvalue weighted by molar-refractivity contribution is 5.97. The Hall–Kier alpha value is -1.59. The van der Waals surface area contributed by atoms with Crippen LogP contribution in [0.25, 0.3) is 0 Å². The van der Waals surface area contributed by atoms with Gasteiger partial charge in [0.25, 0.3) is 5.91 Å². The lowest BCUT2D eigenvalue weighted by molar-refractivity contribution is -0.118. The van der Waals surface area contributed by atoms with Crippen LogP contribution in [0.4, 0.5) is 5.69 Å². The molecule has 0 aromatic heterocycles. The van der Waals surface area contributed by atoms with Gasteiger partial charge in [0.15, 0.2) is 0 Å². The zero-order chi connectivity index (χ0) is 17.6. The molecule has 0 heterocycles. The number of carbonyl (C=O) groups excluding carboxylic acids is 2. The van der Waals surface area contributed by atoms with Crippen LogP contribution in [-0.4, -0.2) is 23.4 Å². The molecule has 0 spiro atoms. The normalized spacial score (nSPS) is 13.4. The average molecular weight is 356 g/mol. The van der Waals surface area contributed by atoms with Crippen LogP contribution in [0, 0.1) is 5.92 Å². The summed E-state index contributed by atoms with van der Waals surface area (Å²) in [5, 5.41) is 5.76. The van der Waals surface area contributed by atoms with Gasteiger partial charge in [0.2, 0.25) is 5.91 Å². The van der Waals surface area contributed by atoms with E-state index in [1.807, 2.05) is 34.6 Å². The number of nitrogens with two attached hydrogens (primary N) is 1. The van der Waals surface area contributed by atoms with E-state index in [4.69, 9.17) is 5.73 Å². The summed E-state index contributed by atoms with van der Waals surface area (Å²) in [6, 6.07) is 6.30. The molecular weight excluding hydrogens is 326 g/mol. The molecule has 0 aliphatic rings. The second-order valence-corrected chi connectivity index (χ2v) is 6.67. The number of benzene rings is 1. The van der Waals surface area contributed by atoms with E-state index in [1.54, 1.807) is 24.3 Å². The number of carbonyl (C=O) groups is 2. The summed E-state index contributed by atoms with van der Waals surface area (Å²) in [4.78, 5) is 24.2. The minimum Gasteiger partial charge on any atom is -0.347 e. The van der Waals surface area contributed by atoms with Crippen LogP contribution in [-0.2, 0) is 4.79 Å². The summed E-state index contributed by atoms with van der Waals surface area (Å²) in [5.74, 6) is -0.203. The molecule has 5 nitrogen and oxygen atoms in total. The van der Waals surface area contributed by atoms with E-state index in [2.05, 4.69) is 10.6 Å². The van der Waals surface area contributed by atoms with E-state index in [1.165, 1.54) is 0 Å². The lowest BCUT2D eigenvalue weighted by atomic mass is 9.99. The van der Waals surface area contributed by atoms with Gasteiger partial charge in [-0.2, -0.15) is 0 Å². The molecule has 4 N–H and O–H groups in total. The molecule has 0 radical (unpaired) electrons. The highest BCUT2D eigenvalue weighted by Crippen LogP contribution is 2.14. The van der Waals surface area contributed by atoms with Crippen LogP contribution >= 0.6 is 12.4 Å². The van der Waals surface area contributed by atoms with E-state index in [9.17, 15) is 9.59 Å². The first-order chi connectivity index (χ1) is 10.7. The Morgan fingerprint density at radius 1 is 1.17 bits per heavy atom. The maximum atomic E-state index is 12.2. The Labute approximate surface area is 151 Å². The molecule has 0 saturated heterocycles. The van der Waals surface area contributed by atoms with Gasteiger partial charge < -0.3 is 16.4 Å². The first-order valence-electron chi connectivity index (χ1n) is 8.19. The lowest BCUT2D eigenvalue weighted by Gasteiger charge is -2.24. The van der Waals surface area contributed by atoms with Crippen molar-refractivity contribution in [2.45, 2.75) is 59.0 Å². The SMILES string of the molecule is CCC(C)C(N)C(=O)Nc1ccc(C(=O)NC(C)(C)CC)cc1.Cl. The summed E-state index contributed by atoms with van der Waals surface area (Å²) >= 11 is 0. The second kappa shape index (κ2) is 9.64. The van der Waals surface area contributed by atoms with Crippen LogP contribution in [0.3, 0.4) is 0 Å². The number of nitrogens with one attached hydrogen (secondary N) is 2. The molecule has 1 aromatic rings. The quantitative estimate of drug-likeness (QED) is 0.701. The number of halogens is 1. The molecule has 1 aromatic carbocycles. The standard InChI is InChI=1S/C18H29N3O2.ClH/c1-6-12(3)15(19)17(23)20-14-10-8-13(9-11-14)16(22)21-18(4,5)7-2;/h8-12,15H,6-7,19H2,1-5H3,(H,20,23)(H,21,22);1H. The summed E-state index contributed by atoms with van der Waals surface area (Å²) in [6.45, 7) is 9.95. The molecule has 0 aliphatic carbocycles. The van der Waals surface area contributed by atoms with E-state index in [-0.39, 0.29) is 35.7 Å². The van der Waals surface area contributed by atoms with E-state index in [0.29, 0.717) is 11.3 Å². The van der Waals surface area contributed by atoms with Crippen LogP contribution in [0.1, 0.15) is 57.8 Å². The zero-order valence-electron chi connectivity index (χ0n) is 15.2. The first-order valence-corrected chi connectivity index (χ1v) is 8.19. The third kappa shape index (κ3) is 6.49. The number of amides is 2. The Kier molecular flexibility index (Phi) is 9.01. The molecule has 0 aliphatic heterocycles. The van der Waals surface area contributed by atoms with Gasteiger partial charge in [0.1, 0.15) is 0 Å². The summed E-state index contributed by atoms with van der Waals surface area (Å²) < 4.78 is 0. The Morgan fingerprint density at radius 2 is 1.71 bits per heavy atom. The van der Waals surface area contributed by atoms with Crippen molar-refractivity contribution in [1.29, 1.82) is 0 Å².